The predicted molar refractivity (Wildman–Crippen MR) is 101 cm³/mol. The molecule has 1 aromatic carbocycles. The highest BCUT2D eigenvalue weighted by molar-refractivity contribution is 5.94. The molecule has 0 bridgehead atoms. The van der Waals surface area contributed by atoms with Crippen LogP contribution in [-0.2, 0) is 6.54 Å². The summed E-state index contributed by atoms with van der Waals surface area (Å²) in [7, 11) is 0. The van der Waals surface area contributed by atoms with Gasteiger partial charge in [0, 0.05) is 18.0 Å². The number of nitrogens with one attached hydrogen (secondary N) is 1. The Morgan fingerprint density at radius 1 is 1.15 bits per heavy atom. The Balaban J connectivity index is 1.56. The van der Waals surface area contributed by atoms with Crippen LogP contribution >= 0.6 is 0 Å². The van der Waals surface area contributed by atoms with Gasteiger partial charge in [-0.25, -0.2) is 4.39 Å². The molecule has 0 spiro atoms. The minimum Gasteiger partial charge on any atom is -0.346 e. The fraction of sp³-hybridized carbons (Fsp3) is 0.286. The molecular weight excluding hydrogens is 343 g/mol. The molecule has 2 heterocycles. The van der Waals surface area contributed by atoms with E-state index in [4.69, 9.17) is 5.10 Å². The van der Waals surface area contributed by atoms with Crippen LogP contribution < -0.4 is 5.32 Å². The number of hydrogen-bond acceptors (Lipinski definition) is 3. The van der Waals surface area contributed by atoms with Gasteiger partial charge in [0.05, 0.1) is 29.5 Å². The number of benzene rings is 1. The SMILES string of the molecule is O=C(NCc1cc(-c2ccncc2)n(C2CCCC2)n1)c1ccccc1F. The molecule has 0 unspecified atom stereocenters. The molecule has 0 atom stereocenters. The van der Waals surface area contributed by atoms with E-state index in [1.807, 2.05) is 18.2 Å². The lowest BCUT2D eigenvalue weighted by molar-refractivity contribution is 0.0946. The summed E-state index contributed by atoms with van der Waals surface area (Å²) in [5.74, 6) is -0.960. The summed E-state index contributed by atoms with van der Waals surface area (Å²) in [5, 5.41) is 7.52. The van der Waals surface area contributed by atoms with Crippen molar-refractivity contribution in [3.05, 3.63) is 71.9 Å². The van der Waals surface area contributed by atoms with Gasteiger partial charge in [-0.1, -0.05) is 25.0 Å². The molecule has 1 N–H and O–H groups in total. The fourth-order valence-corrected chi connectivity index (χ4v) is 3.61. The topological polar surface area (TPSA) is 59.8 Å². The van der Waals surface area contributed by atoms with E-state index in [1.165, 1.54) is 25.0 Å². The van der Waals surface area contributed by atoms with Gasteiger partial charge in [-0.2, -0.15) is 5.10 Å². The van der Waals surface area contributed by atoms with Crippen LogP contribution in [0, 0.1) is 5.82 Å². The molecule has 0 aliphatic heterocycles. The Hall–Kier alpha value is -3.02. The molecule has 1 fully saturated rings. The van der Waals surface area contributed by atoms with Gasteiger partial charge >= 0.3 is 0 Å². The summed E-state index contributed by atoms with van der Waals surface area (Å²) in [5.41, 5.74) is 2.89. The monoisotopic (exact) mass is 364 g/mol. The number of halogens is 1. The minimum atomic E-state index is -0.524. The summed E-state index contributed by atoms with van der Waals surface area (Å²) >= 11 is 0. The van der Waals surface area contributed by atoms with Gasteiger partial charge < -0.3 is 5.32 Å². The zero-order valence-corrected chi connectivity index (χ0v) is 14.9. The van der Waals surface area contributed by atoms with Crippen molar-refractivity contribution < 1.29 is 9.18 Å². The lowest BCUT2D eigenvalue weighted by Gasteiger charge is -2.14. The lowest BCUT2D eigenvalue weighted by atomic mass is 10.1. The van der Waals surface area contributed by atoms with Gasteiger partial charge in [0.1, 0.15) is 5.82 Å². The second-order valence-electron chi connectivity index (χ2n) is 6.80. The summed E-state index contributed by atoms with van der Waals surface area (Å²) in [6.07, 6.45) is 8.17. The normalized spacial score (nSPS) is 14.4. The number of carbonyl (C=O) groups excluding carboxylic acids is 1. The molecule has 6 heteroatoms. The number of amides is 1. The Kier molecular flexibility index (Phi) is 4.96. The Labute approximate surface area is 157 Å². The second kappa shape index (κ2) is 7.70. The molecule has 2 aromatic heterocycles. The molecule has 1 aliphatic carbocycles. The van der Waals surface area contributed by atoms with Gasteiger partial charge in [0.15, 0.2) is 0 Å². The van der Waals surface area contributed by atoms with Crippen molar-refractivity contribution in [3.63, 3.8) is 0 Å². The van der Waals surface area contributed by atoms with E-state index in [-0.39, 0.29) is 12.1 Å². The molecule has 138 valence electrons. The number of aromatic nitrogens is 3. The predicted octanol–water partition coefficient (Wildman–Crippen LogP) is 4.13. The van der Waals surface area contributed by atoms with Gasteiger partial charge in [0.25, 0.3) is 5.91 Å². The first kappa shape index (κ1) is 17.4. The van der Waals surface area contributed by atoms with Crippen LogP contribution in [0.3, 0.4) is 0 Å². The lowest BCUT2D eigenvalue weighted by Crippen LogP contribution is -2.24. The van der Waals surface area contributed by atoms with Gasteiger partial charge in [-0.15, -0.1) is 0 Å². The second-order valence-corrected chi connectivity index (χ2v) is 6.80. The third kappa shape index (κ3) is 3.74. The quantitative estimate of drug-likeness (QED) is 0.740. The average molecular weight is 364 g/mol. The van der Waals surface area contributed by atoms with Crippen molar-refractivity contribution in [1.29, 1.82) is 0 Å². The minimum absolute atomic E-state index is 0.0436. The number of carbonyl (C=O) groups is 1. The smallest absolute Gasteiger partial charge is 0.254 e. The molecule has 4 rings (SSSR count). The maximum Gasteiger partial charge on any atom is 0.254 e. The van der Waals surface area contributed by atoms with E-state index < -0.39 is 11.7 Å². The molecule has 27 heavy (non-hydrogen) atoms. The number of pyridine rings is 1. The van der Waals surface area contributed by atoms with Gasteiger partial charge in [-0.3, -0.25) is 14.5 Å². The maximum atomic E-state index is 13.8. The van der Waals surface area contributed by atoms with Crippen molar-refractivity contribution in [2.75, 3.05) is 0 Å². The van der Waals surface area contributed by atoms with Crippen LogP contribution in [-0.4, -0.2) is 20.7 Å². The van der Waals surface area contributed by atoms with E-state index in [1.54, 1.807) is 24.5 Å². The highest BCUT2D eigenvalue weighted by Gasteiger charge is 2.22. The summed E-state index contributed by atoms with van der Waals surface area (Å²) < 4.78 is 15.8. The third-order valence-corrected chi connectivity index (χ3v) is 4.98. The first-order chi connectivity index (χ1) is 13.2. The summed E-state index contributed by atoms with van der Waals surface area (Å²) in [6.45, 7) is 0.255. The molecule has 0 radical (unpaired) electrons. The summed E-state index contributed by atoms with van der Waals surface area (Å²) in [6, 6.07) is 12.3. The van der Waals surface area contributed by atoms with E-state index in [2.05, 4.69) is 15.0 Å². The molecule has 0 saturated heterocycles. The van der Waals surface area contributed by atoms with Crippen LogP contribution in [0.5, 0.6) is 0 Å². The van der Waals surface area contributed by atoms with Crippen LogP contribution in [0.4, 0.5) is 4.39 Å². The number of rotatable bonds is 5. The molecular formula is C21H21FN4O. The molecule has 3 aromatic rings. The third-order valence-electron chi connectivity index (χ3n) is 4.98. The highest BCUT2D eigenvalue weighted by atomic mass is 19.1. The van der Waals surface area contributed by atoms with Crippen LogP contribution in [0.15, 0.2) is 54.9 Å². The zero-order chi connectivity index (χ0) is 18.6. The highest BCUT2D eigenvalue weighted by Crippen LogP contribution is 2.33. The van der Waals surface area contributed by atoms with Gasteiger partial charge in [0.2, 0.25) is 0 Å². The van der Waals surface area contributed by atoms with E-state index in [0.717, 1.165) is 29.8 Å². The molecule has 5 nitrogen and oxygen atoms in total. The molecule has 1 amide bonds. The number of nitrogens with zero attached hydrogens (tertiary/aromatic N) is 3. The van der Waals surface area contributed by atoms with Crippen LogP contribution in [0.1, 0.15) is 47.8 Å². The zero-order valence-electron chi connectivity index (χ0n) is 14.9. The van der Waals surface area contributed by atoms with E-state index in [9.17, 15) is 9.18 Å². The van der Waals surface area contributed by atoms with Crippen molar-refractivity contribution in [3.8, 4) is 11.3 Å². The average Bonchev–Trinajstić information content (AvgIpc) is 3.37. The molecule has 1 aliphatic rings. The van der Waals surface area contributed by atoms with Crippen molar-refractivity contribution in [1.82, 2.24) is 20.1 Å². The Morgan fingerprint density at radius 2 is 1.89 bits per heavy atom. The first-order valence-corrected chi connectivity index (χ1v) is 9.24. The van der Waals surface area contributed by atoms with Crippen molar-refractivity contribution in [2.45, 2.75) is 38.3 Å². The fourth-order valence-electron chi connectivity index (χ4n) is 3.61. The number of hydrogen-bond donors (Lipinski definition) is 1. The Bertz CT molecular complexity index is 932. The largest absolute Gasteiger partial charge is 0.346 e. The summed E-state index contributed by atoms with van der Waals surface area (Å²) in [4.78, 5) is 16.3. The molecule has 1 saturated carbocycles. The standard InChI is InChI=1S/C21H21FN4O/c22-19-8-4-3-7-18(19)21(27)24-14-16-13-20(15-9-11-23-12-10-15)26(25-16)17-5-1-2-6-17/h3-4,7-13,17H,1-2,5-6,14H2,(H,24,27). The van der Waals surface area contributed by atoms with Crippen LogP contribution in [0.2, 0.25) is 0 Å². The van der Waals surface area contributed by atoms with Gasteiger partial charge in [-0.05, 0) is 43.2 Å². The Morgan fingerprint density at radius 3 is 2.63 bits per heavy atom. The maximum absolute atomic E-state index is 13.8. The van der Waals surface area contributed by atoms with Crippen molar-refractivity contribution >= 4 is 5.91 Å². The van der Waals surface area contributed by atoms with Crippen molar-refractivity contribution in [2.24, 2.45) is 0 Å². The van der Waals surface area contributed by atoms with E-state index in [0.29, 0.717) is 6.04 Å². The van der Waals surface area contributed by atoms with Crippen LogP contribution in [0.25, 0.3) is 11.3 Å². The first-order valence-electron chi connectivity index (χ1n) is 9.24. The van der Waals surface area contributed by atoms with E-state index >= 15 is 0 Å².